The van der Waals surface area contributed by atoms with E-state index in [-0.39, 0.29) is 18.4 Å². The van der Waals surface area contributed by atoms with Crippen molar-refractivity contribution in [2.75, 3.05) is 13.2 Å². The van der Waals surface area contributed by atoms with E-state index in [2.05, 4.69) is 15.8 Å². The fourth-order valence-corrected chi connectivity index (χ4v) is 3.41. The fourth-order valence-electron chi connectivity index (χ4n) is 3.41. The number of rotatable bonds is 11. The van der Waals surface area contributed by atoms with Crippen LogP contribution < -0.4 is 20.1 Å². The number of aromatic nitrogens is 1. The van der Waals surface area contributed by atoms with Crippen LogP contribution in [0.5, 0.6) is 11.5 Å². The first-order valence-electron chi connectivity index (χ1n) is 11.4. The van der Waals surface area contributed by atoms with Crippen LogP contribution in [0, 0.1) is 13.8 Å². The van der Waals surface area contributed by atoms with Gasteiger partial charge in [0.1, 0.15) is 23.9 Å². The highest BCUT2D eigenvalue weighted by molar-refractivity contribution is 5.94. The molecular formula is C26H29N3O5. The summed E-state index contributed by atoms with van der Waals surface area (Å²) in [6.45, 7) is 4.56. The van der Waals surface area contributed by atoms with Gasteiger partial charge in [0.2, 0.25) is 0 Å². The van der Waals surface area contributed by atoms with E-state index in [0.717, 1.165) is 35.4 Å². The van der Waals surface area contributed by atoms with E-state index in [0.29, 0.717) is 42.7 Å². The standard InChI is InChI=1S/C26H29N3O5/c1-17-24(18(2)34-29-17)15-32-23-5-3-4-20(14-23)26(31)27-13-12-19-6-10-22(11-7-19)33-16-25(30)28-21-8-9-21/h3-7,10-11,14,21H,8-9,12-13,15-16H2,1-2H3,(H,27,31)(H,28,30). The monoisotopic (exact) mass is 463 g/mol. The zero-order chi connectivity index (χ0) is 23.9. The van der Waals surface area contributed by atoms with Crippen LogP contribution >= 0.6 is 0 Å². The molecule has 8 nitrogen and oxygen atoms in total. The number of hydrogen-bond donors (Lipinski definition) is 2. The largest absolute Gasteiger partial charge is 0.489 e. The van der Waals surface area contributed by atoms with Crippen molar-refractivity contribution >= 4 is 11.8 Å². The summed E-state index contributed by atoms with van der Waals surface area (Å²) >= 11 is 0. The van der Waals surface area contributed by atoms with Crippen LogP contribution in [0.25, 0.3) is 0 Å². The Hall–Kier alpha value is -3.81. The van der Waals surface area contributed by atoms with E-state index >= 15 is 0 Å². The third-order valence-electron chi connectivity index (χ3n) is 5.60. The van der Waals surface area contributed by atoms with Gasteiger partial charge in [0.15, 0.2) is 6.61 Å². The van der Waals surface area contributed by atoms with Crippen molar-refractivity contribution in [1.82, 2.24) is 15.8 Å². The number of carbonyl (C=O) groups is 2. The van der Waals surface area contributed by atoms with Gasteiger partial charge in [0, 0.05) is 18.2 Å². The summed E-state index contributed by atoms with van der Waals surface area (Å²) in [5.74, 6) is 1.73. The number of aryl methyl sites for hydroxylation is 2. The summed E-state index contributed by atoms with van der Waals surface area (Å²) in [4.78, 5) is 24.3. The lowest BCUT2D eigenvalue weighted by molar-refractivity contribution is -0.123. The first-order chi connectivity index (χ1) is 16.5. The lowest BCUT2D eigenvalue weighted by Crippen LogP contribution is -2.30. The molecule has 1 aromatic heterocycles. The molecule has 8 heteroatoms. The number of hydrogen-bond acceptors (Lipinski definition) is 6. The van der Waals surface area contributed by atoms with Gasteiger partial charge in [0.25, 0.3) is 11.8 Å². The van der Waals surface area contributed by atoms with Gasteiger partial charge in [-0.05, 0) is 69.0 Å². The Balaban J connectivity index is 1.20. The van der Waals surface area contributed by atoms with Crippen molar-refractivity contribution in [1.29, 1.82) is 0 Å². The van der Waals surface area contributed by atoms with Gasteiger partial charge in [-0.3, -0.25) is 9.59 Å². The summed E-state index contributed by atoms with van der Waals surface area (Å²) in [5, 5.41) is 9.75. The van der Waals surface area contributed by atoms with Gasteiger partial charge >= 0.3 is 0 Å². The van der Waals surface area contributed by atoms with Crippen molar-refractivity contribution in [3.63, 3.8) is 0 Å². The Morgan fingerprint density at radius 1 is 1.06 bits per heavy atom. The molecule has 0 atom stereocenters. The lowest BCUT2D eigenvalue weighted by atomic mass is 10.1. The third-order valence-corrected chi connectivity index (χ3v) is 5.60. The highest BCUT2D eigenvalue weighted by Crippen LogP contribution is 2.19. The molecule has 0 spiro atoms. The van der Waals surface area contributed by atoms with Crippen LogP contribution in [0.3, 0.4) is 0 Å². The second kappa shape index (κ2) is 10.9. The zero-order valence-electron chi connectivity index (χ0n) is 19.4. The minimum atomic E-state index is -0.163. The predicted octanol–water partition coefficient (Wildman–Crippen LogP) is 3.50. The third kappa shape index (κ3) is 6.60. The van der Waals surface area contributed by atoms with Crippen molar-refractivity contribution in [3.05, 3.63) is 76.7 Å². The molecule has 178 valence electrons. The molecule has 1 aliphatic carbocycles. The fraction of sp³-hybridized carbons (Fsp3) is 0.346. The van der Waals surface area contributed by atoms with Crippen LogP contribution in [0.4, 0.5) is 0 Å². The Morgan fingerprint density at radius 2 is 1.85 bits per heavy atom. The summed E-state index contributed by atoms with van der Waals surface area (Å²) in [7, 11) is 0. The molecule has 0 radical (unpaired) electrons. The van der Waals surface area contributed by atoms with Crippen LogP contribution in [0.15, 0.2) is 53.1 Å². The Morgan fingerprint density at radius 3 is 2.56 bits per heavy atom. The van der Waals surface area contributed by atoms with Crippen LogP contribution in [-0.2, 0) is 17.8 Å². The molecule has 1 heterocycles. The van der Waals surface area contributed by atoms with Crippen LogP contribution in [0.1, 0.15) is 45.8 Å². The molecule has 1 saturated carbocycles. The van der Waals surface area contributed by atoms with E-state index < -0.39 is 0 Å². The minimum Gasteiger partial charge on any atom is -0.489 e. The highest BCUT2D eigenvalue weighted by Gasteiger charge is 2.23. The van der Waals surface area contributed by atoms with Crippen LogP contribution in [-0.4, -0.2) is 36.2 Å². The molecule has 0 aliphatic heterocycles. The molecule has 2 aromatic carbocycles. The SMILES string of the molecule is Cc1noc(C)c1COc1cccc(C(=O)NCCc2ccc(OCC(=O)NC3CC3)cc2)c1. The highest BCUT2D eigenvalue weighted by atomic mass is 16.5. The smallest absolute Gasteiger partial charge is 0.258 e. The van der Waals surface area contributed by atoms with E-state index in [1.165, 1.54) is 0 Å². The summed E-state index contributed by atoms with van der Waals surface area (Å²) in [5.41, 5.74) is 3.30. The lowest BCUT2D eigenvalue weighted by Gasteiger charge is -2.10. The van der Waals surface area contributed by atoms with Gasteiger partial charge < -0.3 is 24.6 Å². The topological polar surface area (TPSA) is 103 Å². The first-order valence-corrected chi connectivity index (χ1v) is 11.4. The first kappa shape index (κ1) is 23.4. The molecular weight excluding hydrogens is 434 g/mol. The van der Waals surface area contributed by atoms with Crippen LogP contribution in [0.2, 0.25) is 0 Å². The van der Waals surface area contributed by atoms with Crippen molar-refractivity contribution in [3.8, 4) is 11.5 Å². The van der Waals surface area contributed by atoms with Gasteiger partial charge in [-0.1, -0.05) is 23.4 Å². The predicted molar refractivity (Wildman–Crippen MR) is 126 cm³/mol. The molecule has 3 aromatic rings. The summed E-state index contributed by atoms with van der Waals surface area (Å²) < 4.78 is 16.5. The maximum atomic E-state index is 12.6. The maximum absolute atomic E-state index is 12.6. The molecule has 1 fully saturated rings. The second-order valence-corrected chi connectivity index (χ2v) is 8.40. The van der Waals surface area contributed by atoms with E-state index in [4.69, 9.17) is 14.0 Å². The molecule has 1 aliphatic rings. The maximum Gasteiger partial charge on any atom is 0.258 e. The van der Waals surface area contributed by atoms with E-state index in [9.17, 15) is 9.59 Å². The Bertz CT molecular complexity index is 1120. The molecule has 0 unspecified atom stereocenters. The average molecular weight is 464 g/mol. The molecule has 34 heavy (non-hydrogen) atoms. The Kier molecular flexibility index (Phi) is 7.47. The van der Waals surface area contributed by atoms with Gasteiger partial charge in [-0.25, -0.2) is 0 Å². The number of ether oxygens (including phenoxy) is 2. The van der Waals surface area contributed by atoms with Crippen molar-refractivity contribution < 1.29 is 23.6 Å². The van der Waals surface area contributed by atoms with Gasteiger partial charge in [-0.2, -0.15) is 0 Å². The van der Waals surface area contributed by atoms with Gasteiger partial charge in [-0.15, -0.1) is 0 Å². The van der Waals surface area contributed by atoms with Crippen molar-refractivity contribution in [2.45, 2.75) is 45.8 Å². The Labute approximate surface area is 198 Å². The molecule has 2 amide bonds. The molecule has 0 saturated heterocycles. The number of amides is 2. The normalized spacial score (nSPS) is 12.8. The number of nitrogens with zero attached hydrogens (tertiary/aromatic N) is 1. The average Bonchev–Trinajstić information content (AvgIpc) is 3.60. The summed E-state index contributed by atoms with van der Waals surface area (Å²) in [6, 6.07) is 14.9. The van der Waals surface area contributed by atoms with E-state index in [1.54, 1.807) is 18.2 Å². The summed E-state index contributed by atoms with van der Waals surface area (Å²) in [6.07, 6.45) is 2.79. The van der Waals surface area contributed by atoms with Gasteiger partial charge in [0.05, 0.1) is 11.3 Å². The van der Waals surface area contributed by atoms with Crippen molar-refractivity contribution in [2.24, 2.45) is 0 Å². The number of benzene rings is 2. The zero-order valence-corrected chi connectivity index (χ0v) is 19.4. The second-order valence-electron chi connectivity index (χ2n) is 8.40. The molecule has 4 rings (SSSR count). The number of nitrogens with one attached hydrogen (secondary N) is 2. The molecule has 0 bridgehead atoms. The molecule has 2 N–H and O–H groups in total. The quantitative estimate of drug-likeness (QED) is 0.451. The minimum absolute atomic E-state index is 0.0207. The van der Waals surface area contributed by atoms with E-state index in [1.807, 2.05) is 44.2 Å². The number of carbonyl (C=O) groups excluding carboxylic acids is 2.